The van der Waals surface area contributed by atoms with Gasteiger partial charge >= 0.3 is 0 Å². The number of likely N-dealkylation sites (tertiary alicyclic amines) is 1. The van der Waals surface area contributed by atoms with E-state index in [2.05, 4.69) is 37.8 Å². The lowest BCUT2D eigenvalue weighted by molar-refractivity contribution is -0.138. The average Bonchev–Trinajstić information content (AvgIpc) is 3.62. The first-order valence-corrected chi connectivity index (χ1v) is 14.5. The molecular weight excluding hydrogens is 524 g/mol. The van der Waals surface area contributed by atoms with Crippen molar-refractivity contribution in [3.63, 3.8) is 0 Å². The summed E-state index contributed by atoms with van der Waals surface area (Å²) >= 11 is 1.49. The molecule has 0 spiro atoms. The van der Waals surface area contributed by atoms with Crippen LogP contribution < -0.4 is 4.74 Å². The van der Waals surface area contributed by atoms with Gasteiger partial charge in [0.05, 0.1) is 26.3 Å². The van der Waals surface area contributed by atoms with Crippen LogP contribution in [0.25, 0.3) is 0 Å². The van der Waals surface area contributed by atoms with Crippen LogP contribution in [-0.2, 0) is 21.5 Å². The Hall–Kier alpha value is -3.04. The fourth-order valence-corrected chi connectivity index (χ4v) is 7.20. The van der Waals surface area contributed by atoms with Crippen molar-refractivity contribution in [3.8, 4) is 5.75 Å². The molecule has 1 aromatic carbocycles. The molecule has 9 heteroatoms. The van der Waals surface area contributed by atoms with Gasteiger partial charge in [0.1, 0.15) is 16.3 Å². The van der Waals surface area contributed by atoms with Gasteiger partial charge in [-0.15, -0.1) is 11.3 Å². The molecule has 1 fully saturated rings. The van der Waals surface area contributed by atoms with Crippen LogP contribution in [0.5, 0.6) is 5.75 Å². The Morgan fingerprint density at radius 3 is 2.38 bits per heavy atom. The van der Waals surface area contributed by atoms with E-state index >= 15 is 0 Å². The first kappa shape index (κ1) is 29.9. The second kappa shape index (κ2) is 10.7. The number of amides is 1. The highest BCUT2D eigenvalue weighted by Crippen LogP contribution is 2.57. The van der Waals surface area contributed by atoms with Crippen molar-refractivity contribution < 1.29 is 19.1 Å². The van der Waals surface area contributed by atoms with Gasteiger partial charge in [0.25, 0.3) is 5.91 Å². The summed E-state index contributed by atoms with van der Waals surface area (Å²) in [6.45, 7) is 14.7. The number of carbonyl (C=O) groups is 2. The van der Waals surface area contributed by atoms with Gasteiger partial charge in [-0.1, -0.05) is 54.5 Å². The summed E-state index contributed by atoms with van der Waals surface area (Å²) < 4.78 is 13.3. The first-order valence-electron chi connectivity index (χ1n) is 13.6. The molecule has 4 rings (SSSR count). The van der Waals surface area contributed by atoms with Crippen LogP contribution in [0.3, 0.4) is 0 Å². The van der Waals surface area contributed by atoms with Crippen LogP contribution in [0.15, 0.2) is 48.2 Å². The van der Waals surface area contributed by atoms with Gasteiger partial charge in [-0.05, 0) is 35.6 Å². The summed E-state index contributed by atoms with van der Waals surface area (Å²) in [5.74, 6) is 0.370. The number of carbonyl (C=O) groups excluding carboxylic acids is 2. The van der Waals surface area contributed by atoms with Crippen molar-refractivity contribution in [2.24, 2.45) is 10.8 Å². The van der Waals surface area contributed by atoms with Gasteiger partial charge in [-0.2, -0.15) is 5.10 Å². The SMILES string of the molecule is COCC1(C)CC(Cn2cccn2)(C(=O)C(C)(C)C)N(C(=O)c2ccc(C(C)(C)C)c(OC)c2)C1c1nccs1. The zero-order valence-corrected chi connectivity index (χ0v) is 26.0. The van der Waals surface area contributed by atoms with Crippen LogP contribution in [0.1, 0.15) is 81.9 Å². The number of nitrogens with zero attached hydrogens (tertiary/aromatic N) is 4. The molecular formula is C31H42N4O4S. The second-order valence-electron chi connectivity index (χ2n) is 13.2. The number of thiazole rings is 1. The van der Waals surface area contributed by atoms with Crippen molar-refractivity contribution in [3.05, 3.63) is 64.4 Å². The van der Waals surface area contributed by atoms with Crippen LogP contribution >= 0.6 is 11.3 Å². The number of benzene rings is 1. The summed E-state index contributed by atoms with van der Waals surface area (Å²) in [4.78, 5) is 36.0. The van der Waals surface area contributed by atoms with Crippen LogP contribution in [-0.4, -0.2) is 57.7 Å². The van der Waals surface area contributed by atoms with Crippen LogP contribution in [0.2, 0.25) is 0 Å². The summed E-state index contributed by atoms with van der Waals surface area (Å²) in [6, 6.07) is 6.94. The van der Waals surface area contributed by atoms with Crippen molar-refractivity contribution in [1.82, 2.24) is 19.7 Å². The molecule has 0 radical (unpaired) electrons. The topological polar surface area (TPSA) is 86.6 Å². The van der Waals surface area contributed by atoms with Gasteiger partial charge in [0.15, 0.2) is 5.78 Å². The molecule has 3 atom stereocenters. The molecule has 40 heavy (non-hydrogen) atoms. The number of ether oxygens (including phenoxy) is 2. The first-order chi connectivity index (χ1) is 18.7. The van der Waals surface area contributed by atoms with E-state index in [4.69, 9.17) is 9.47 Å². The predicted octanol–water partition coefficient (Wildman–Crippen LogP) is 5.94. The highest BCUT2D eigenvalue weighted by molar-refractivity contribution is 7.09. The lowest BCUT2D eigenvalue weighted by atomic mass is 9.72. The normalized spacial score (nSPS) is 23.4. The van der Waals surface area contributed by atoms with Gasteiger partial charge in [-0.25, -0.2) is 4.98 Å². The molecule has 3 aromatic rings. The molecule has 2 aromatic heterocycles. The molecule has 0 aliphatic carbocycles. The highest BCUT2D eigenvalue weighted by Gasteiger charge is 2.65. The Kier molecular flexibility index (Phi) is 8.04. The van der Waals surface area contributed by atoms with Gasteiger partial charge < -0.3 is 14.4 Å². The minimum atomic E-state index is -1.21. The van der Waals surface area contributed by atoms with E-state index in [1.54, 1.807) is 42.3 Å². The number of methoxy groups -OCH3 is 2. The van der Waals surface area contributed by atoms with E-state index in [1.807, 2.05) is 50.5 Å². The van der Waals surface area contributed by atoms with E-state index in [0.717, 1.165) is 10.6 Å². The summed E-state index contributed by atoms with van der Waals surface area (Å²) in [5, 5.41) is 7.15. The number of hydrogen-bond acceptors (Lipinski definition) is 7. The Morgan fingerprint density at radius 2 is 1.85 bits per heavy atom. The van der Waals surface area contributed by atoms with E-state index in [1.165, 1.54) is 11.3 Å². The molecule has 0 N–H and O–H groups in total. The summed E-state index contributed by atoms with van der Waals surface area (Å²) in [7, 11) is 3.28. The minimum Gasteiger partial charge on any atom is -0.496 e. The zero-order chi connectivity index (χ0) is 29.5. The number of hydrogen-bond donors (Lipinski definition) is 0. The largest absolute Gasteiger partial charge is 0.496 e. The molecule has 1 saturated heterocycles. The van der Waals surface area contributed by atoms with Crippen molar-refractivity contribution in [2.45, 2.75) is 78.4 Å². The maximum Gasteiger partial charge on any atom is 0.255 e. The standard InChI is InChI=1S/C31H42N4O4S/c1-28(2,3)22-12-11-21(17-23(22)39-9)26(36)35-24(25-32-14-16-40-25)30(7,20-38-8)18-31(35,27(37)29(4,5)6)19-34-15-10-13-33-34/h10-17,24H,18-20H2,1-9H3. The third kappa shape index (κ3) is 5.33. The molecule has 0 saturated carbocycles. The fourth-order valence-electron chi connectivity index (χ4n) is 6.29. The summed E-state index contributed by atoms with van der Waals surface area (Å²) in [6.07, 6.45) is 5.68. The number of Topliss-reactive ketones (excluding diaryl/α,β-unsaturated/α-hetero) is 1. The number of rotatable bonds is 8. The maximum atomic E-state index is 14.9. The van der Waals surface area contributed by atoms with Gasteiger partial charge in [0, 0.05) is 47.5 Å². The highest BCUT2D eigenvalue weighted by atomic mass is 32.1. The summed E-state index contributed by atoms with van der Waals surface area (Å²) in [5.41, 5.74) is -1.24. The average molecular weight is 567 g/mol. The van der Waals surface area contributed by atoms with E-state index in [-0.39, 0.29) is 23.7 Å². The van der Waals surface area contributed by atoms with E-state index < -0.39 is 22.4 Å². The third-order valence-corrected chi connectivity index (χ3v) is 8.63. The molecule has 3 unspecified atom stereocenters. The van der Waals surface area contributed by atoms with Crippen molar-refractivity contribution >= 4 is 23.0 Å². The monoisotopic (exact) mass is 566 g/mol. The Bertz CT molecular complexity index is 1340. The van der Waals surface area contributed by atoms with Gasteiger partial charge in [-0.3, -0.25) is 14.3 Å². The van der Waals surface area contributed by atoms with Crippen molar-refractivity contribution in [2.75, 3.05) is 20.8 Å². The predicted molar refractivity (Wildman–Crippen MR) is 157 cm³/mol. The Balaban J connectivity index is 2.00. The quantitative estimate of drug-likeness (QED) is 0.335. The lowest BCUT2D eigenvalue weighted by Gasteiger charge is -2.43. The van der Waals surface area contributed by atoms with Crippen LogP contribution in [0, 0.1) is 10.8 Å². The molecule has 8 nitrogen and oxygen atoms in total. The zero-order valence-electron chi connectivity index (χ0n) is 25.1. The lowest BCUT2D eigenvalue weighted by Crippen LogP contribution is -2.59. The molecule has 3 heterocycles. The molecule has 1 aliphatic rings. The van der Waals surface area contributed by atoms with E-state index in [9.17, 15) is 9.59 Å². The number of ketones is 1. The Morgan fingerprint density at radius 1 is 1.12 bits per heavy atom. The number of aromatic nitrogens is 3. The van der Waals surface area contributed by atoms with Crippen molar-refractivity contribution in [1.29, 1.82) is 0 Å². The second-order valence-corrected chi connectivity index (χ2v) is 14.1. The minimum absolute atomic E-state index is 0.0245. The van der Waals surface area contributed by atoms with E-state index in [0.29, 0.717) is 24.3 Å². The molecule has 1 amide bonds. The smallest absolute Gasteiger partial charge is 0.255 e. The third-order valence-electron chi connectivity index (χ3n) is 7.80. The van der Waals surface area contributed by atoms with Crippen LogP contribution in [0.4, 0.5) is 0 Å². The molecule has 216 valence electrons. The maximum absolute atomic E-state index is 14.9. The fraction of sp³-hybridized carbons (Fsp3) is 0.548. The molecule has 0 bridgehead atoms. The Labute approximate surface area is 241 Å². The molecule has 1 aliphatic heterocycles. The van der Waals surface area contributed by atoms with Gasteiger partial charge in [0.2, 0.25) is 0 Å².